The fraction of sp³-hybridized carbons (Fsp3) is 0.0667. The molecular weight excluding hydrogens is 300 g/mol. The van der Waals surface area contributed by atoms with Crippen molar-refractivity contribution in [3.63, 3.8) is 0 Å². The summed E-state index contributed by atoms with van der Waals surface area (Å²) in [6, 6.07) is 9.43. The third-order valence-corrected chi connectivity index (χ3v) is 2.68. The van der Waals surface area contributed by atoms with Gasteiger partial charge in [0.2, 0.25) is 0 Å². The van der Waals surface area contributed by atoms with E-state index in [-0.39, 0.29) is 5.56 Å². The van der Waals surface area contributed by atoms with Gasteiger partial charge in [-0.25, -0.2) is 9.82 Å². The largest absolute Gasteiger partial charge is 0.416 e. The molecule has 0 aliphatic carbocycles. The summed E-state index contributed by atoms with van der Waals surface area (Å²) < 4.78 is 50.6. The summed E-state index contributed by atoms with van der Waals surface area (Å²) in [4.78, 5) is 11.7. The van der Waals surface area contributed by atoms with Crippen LogP contribution in [0.3, 0.4) is 0 Å². The van der Waals surface area contributed by atoms with Crippen molar-refractivity contribution in [2.75, 3.05) is 0 Å². The van der Waals surface area contributed by atoms with Gasteiger partial charge in [0.25, 0.3) is 5.91 Å². The molecule has 0 atom stereocenters. The maximum absolute atomic E-state index is 12.9. The first-order valence-electron chi connectivity index (χ1n) is 6.12. The first-order valence-corrected chi connectivity index (χ1v) is 6.12. The van der Waals surface area contributed by atoms with Crippen LogP contribution >= 0.6 is 0 Å². The van der Waals surface area contributed by atoms with Crippen LogP contribution in [0.5, 0.6) is 0 Å². The average molecular weight is 310 g/mol. The van der Waals surface area contributed by atoms with Gasteiger partial charge in [-0.2, -0.15) is 18.3 Å². The molecule has 22 heavy (non-hydrogen) atoms. The lowest BCUT2D eigenvalue weighted by Crippen LogP contribution is -2.18. The van der Waals surface area contributed by atoms with Gasteiger partial charge in [-0.15, -0.1) is 0 Å². The van der Waals surface area contributed by atoms with Crippen molar-refractivity contribution in [3.05, 3.63) is 71.0 Å². The van der Waals surface area contributed by atoms with Crippen LogP contribution in [0.2, 0.25) is 0 Å². The van der Waals surface area contributed by atoms with Gasteiger partial charge in [0.05, 0.1) is 11.8 Å². The Kier molecular flexibility index (Phi) is 4.55. The van der Waals surface area contributed by atoms with E-state index >= 15 is 0 Å². The first-order chi connectivity index (χ1) is 10.4. The molecule has 0 radical (unpaired) electrons. The third-order valence-electron chi connectivity index (χ3n) is 2.68. The molecule has 0 unspecified atom stereocenters. The number of halogens is 4. The zero-order valence-electron chi connectivity index (χ0n) is 11.1. The number of amides is 1. The standard InChI is InChI=1S/C15H10F4N2O/c16-13-6-1-3-10(7-13)9-20-21-14(22)11-4-2-5-12(8-11)15(17,18)19/h1-9H,(H,21,22)/b20-9-. The van der Waals surface area contributed by atoms with E-state index in [4.69, 9.17) is 0 Å². The van der Waals surface area contributed by atoms with E-state index in [1.807, 2.05) is 0 Å². The van der Waals surface area contributed by atoms with E-state index in [2.05, 4.69) is 10.5 Å². The highest BCUT2D eigenvalue weighted by molar-refractivity contribution is 5.95. The smallest absolute Gasteiger partial charge is 0.267 e. The number of alkyl halides is 3. The zero-order chi connectivity index (χ0) is 16.2. The molecule has 114 valence electrons. The highest BCUT2D eigenvalue weighted by atomic mass is 19.4. The van der Waals surface area contributed by atoms with Crippen molar-refractivity contribution in [1.82, 2.24) is 5.43 Å². The number of hydrogen-bond donors (Lipinski definition) is 1. The molecule has 0 bridgehead atoms. The molecule has 1 amide bonds. The topological polar surface area (TPSA) is 41.5 Å². The fourth-order valence-corrected chi connectivity index (χ4v) is 1.65. The second kappa shape index (κ2) is 6.38. The molecule has 3 nitrogen and oxygen atoms in total. The Hall–Kier alpha value is -2.70. The molecule has 0 aliphatic rings. The minimum Gasteiger partial charge on any atom is -0.267 e. The summed E-state index contributed by atoms with van der Waals surface area (Å²) >= 11 is 0. The van der Waals surface area contributed by atoms with Crippen LogP contribution in [0, 0.1) is 5.82 Å². The van der Waals surface area contributed by atoms with Crippen LogP contribution in [0.4, 0.5) is 17.6 Å². The fourth-order valence-electron chi connectivity index (χ4n) is 1.65. The molecule has 0 saturated carbocycles. The van der Waals surface area contributed by atoms with Gasteiger partial charge in [-0.3, -0.25) is 4.79 Å². The monoisotopic (exact) mass is 310 g/mol. The SMILES string of the molecule is O=C(N/N=C\c1cccc(F)c1)c1cccc(C(F)(F)F)c1. The summed E-state index contributed by atoms with van der Waals surface area (Å²) in [5.41, 5.74) is 1.40. The highest BCUT2D eigenvalue weighted by Gasteiger charge is 2.30. The molecule has 0 saturated heterocycles. The zero-order valence-corrected chi connectivity index (χ0v) is 11.1. The summed E-state index contributed by atoms with van der Waals surface area (Å²) in [7, 11) is 0. The van der Waals surface area contributed by atoms with E-state index in [1.165, 1.54) is 30.5 Å². The van der Waals surface area contributed by atoms with Crippen LogP contribution in [0.15, 0.2) is 53.6 Å². The van der Waals surface area contributed by atoms with Gasteiger partial charge in [0.1, 0.15) is 5.82 Å². The van der Waals surface area contributed by atoms with Crippen LogP contribution in [0.1, 0.15) is 21.5 Å². The molecule has 0 fully saturated rings. The number of benzene rings is 2. The molecule has 2 rings (SSSR count). The molecule has 2 aromatic rings. The number of nitrogens with one attached hydrogen (secondary N) is 1. The van der Waals surface area contributed by atoms with Gasteiger partial charge in [-0.1, -0.05) is 18.2 Å². The van der Waals surface area contributed by atoms with Gasteiger partial charge in [0.15, 0.2) is 0 Å². The van der Waals surface area contributed by atoms with Crippen LogP contribution < -0.4 is 5.43 Å². The normalized spacial score (nSPS) is 11.6. The van der Waals surface area contributed by atoms with Crippen molar-refractivity contribution in [2.24, 2.45) is 5.10 Å². The Balaban J connectivity index is 2.07. The second-order valence-electron chi connectivity index (χ2n) is 4.33. The predicted molar refractivity (Wildman–Crippen MR) is 72.9 cm³/mol. The van der Waals surface area contributed by atoms with E-state index in [0.29, 0.717) is 5.56 Å². The van der Waals surface area contributed by atoms with Crippen LogP contribution in [-0.4, -0.2) is 12.1 Å². The molecule has 2 aromatic carbocycles. The van der Waals surface area contributed by atoms with Crippen molar-refractivity contribution < 1.29 is 22.4 Å². The van der Waals surface area contributed by atoms with Crippen molar-refractivity contribution >= 4 is 12.1 Å². The highest BCUT2D eigenvalue weighted by Crippen LogP contribution is 2.29. The predicted octanol–water partition coefficient (Wildman–Crippen LogP) is 3.61. The van der Waals surface area contributed by atoms with Crippen molar-refractivity contribution in [2.45, 2.75) is 6.18 Å². The molecule has 0 spiro atoms. The summed E-state index contributed by atoms with van der Waals surface area (Å²) in [6.45, 7) is 0. The second-order valence-corrected chi connectivity index (χ2v) is 4.33. The molecule has 7 heteroatoms. The number of rotatable bonds is 3. The third kappa shape index (κ3) is 4.15. The lowest BCUT2D eigenvalue weighted by atomic mass is 10.1. The lowest BCUT2D eigenvalue weighted by Gasteiger charge is -2.07. The molecule has 0 aromatic heterocycles. The van der Waals surface area contributed by atoms with Gasteiger partial charge >= 0.3 is 6.18 Å². The molecule has 1 N–H and O–H groups in total. The van der Waals surface area contributed by atoms with E-state index in [0.717, 1.165) is 18.2 Å². The van der Waals surface area contributed by atoms with Crippen molar-refractivity contribution in [1.29, 1.82) is 0 Å². The average Bonchev–Trinajstić information content (AvgIpc) is 2.46. The Bertz CT molecular complexity index is 711. The minimum absolute atomic E-state index is 0.175. The molecular formula is C15H10F4N2O. The van der Waals surface area contributed by atoms with E-state index in [1.54, 1.807) is 6.07 Å². The van der Waals surface area contributed by atoms with E-state index in [9.17, 15) is 22.4 Å². The van der Waals surface area contributed by atoms with Crippen LogP contribution in [-0.2, 0) is 6.18 Å². The number of hydrogen-bond acceptors (Lipinski definition) is 2. The Morgan fingerprint density at radius 2 is 1.82 bits per heavy atom. The molecule has 0 heterocycles. The summed E-state index contributed by atoms with van der Waals surface area (Å²) in [6.07, 6.45) is -3.34. The Morgan fingerprint density at radius 3 is 2.50 bits per heavy atom. The number of carbonyl (C=O) groups excluding carboxylic acids is 1. The quantitative estimate of drug-likeness (QED) is 0.525. The molecule has 0 aliphatic heterocycles. The summed E-state index contributed by atoms with van der Waals surface area (Å²) in [5, 5.41) is 3.58. The maximum atomic E-state index is 12.9. The number of carbonyl (C=O) groups is 1. The van der Waals surface area contributed by atoms with E-state index < -0.39 is 23.5 Å². The lowest BCUT2D eigenvalue weighted by molar-refractivity contribution is -0.137. The maximum Gasteiger partial charge on any atom is 0.416 e. The first kappa shape index (κ1) is 15.7. The Labute approximate surface area is 123 Å². The Morgan fingerprint density at radius 1 is 1.09 bits per heavy atom. The van der Waals surface area contributed by atoms with Gasteiger partial charge in [-0.05, 0) is 35.9 Å². The van der Waals surface area contributed by atoms with Crippen LogP contribution in [0.25, 0.3) is 0 Å². The number of hydrazone groups is 1. The van der Waals surface area contributed by atoms with Crippen molar-refractivity contribution in [3.8, 4) is 0 Å². The number of nitrogens with zero attached hydrogens (tertiary/aromatic N) is 1. The summed E-state index contributed by atoms with van der Waals surface area (Å²) in [5.74, 6) is -1.26. The minimum atomic E-state index is -4.53. The van der Waals surface area contributed by atoms with Gasteiger partial charge < -0.3 is 0 Å². The van der Waals surface area contributed by atoms with Gasteiger partial charge in [0, 0.05) is 5.56 Å².